The first-order valence-corrected chi connectivity index (χ1v) is 5.78. The van der Waals surface area contributed by atoms with Gasteiger partial charge in [-0.1, -0.05) is 5.21 Å². The number of nitrogens with one attached hydrogen (secondary N) is 1. The molecule has 2 rings (SSSR count). The van der Waals surface area contributed by atoms with Crippen molar-refractivity contribution < 1.29 is 19.2 Å². The molecule has 0 aliphatic rings. The Hall–Kier alpha value is -3.04. The monoisotopic (exact) mass is 295 g/mol. The molecule has 9 nitrogen and oxygen atoms in total. The minimum absolute atomic E-state index is 0.0704. The van der Waals surface area contributed by atoms with Crippen molar-refractivity contribution in [3.05, 3.63) is 46.0 Å². The number of aromatic nitrogens is 3. The smallest absolute Gasteiger partial charge is 0.338 e. The third kappa shape index (κ3) is 3.29. The van der Waals surface area contributed by atoms with Gasteiger partial charge in [0.15, 0.2) is 0 Å². The van der Waals surface area contributed by atoms with E-state index >= 15 is 0 Å². The maximum absolute atomic E-state index is 13.5. The second-order valence-corrected chi connectivity index (χ2v) is 4.00. The van der Waals surface area contributed by atoms with Crippen LogP contribution >= 0.6 is 0 Å². The Morgan fingerprint density at radius 3 is 2.86 bits per heavy atom. The van der Waals surface area contributed by atoms with Gasteiger partial charge in [0.1, 0.15) is 11.5 Å². The van der Waals surface area contributed by atoms with Gasteiger partial charge >= 0.3 is 5.97 Å². The number of carbonyl (C=O) groups is 1. The lowest BCUT2D eigenvalue weighted by Crippen LogP contribution is -2.13. The van der Waals surface area contributed by atoms with E-state index in [1.54, 1.807) is 6.20 Å². The van der Waals surface area contributed by atoms with E-state index in [9.17, 15) is 19.3 Å². The highest BCUT2D eigenvalue weighted by Gasteiger charge is 2.21. The zero-order valence-corrected chi connectivity index (χ0v) is 10.6. The Morgan fingerprint density at radius 1 is 1.52 bits per heavy atom. The highest BCUT2D eigenvalue weighted by Crippen LogP contribution is 2.27. The molecule has 0 atom stereocenters. The molecule has 21 heavy (non-hydrogen) atoms. The highest BCUT2D eigenvalue weighted by molar-refractivity contribution is 5.90. The number of halogens is 1. The van der Waals surface area contributed by atoms with Crippen molar-refractivity contribution >= 4 is 17.3 Å². The van der Waals surface area contributed by atoms with Crippen LogP contribution in [0, 0.1) is 15.9 Å². The van der Waals surface area contributed by atoms with Crippen LogP contribution in [0.5, 0.6) is 0 Å². The number of rotatable bonds is 6. The van der Waals surface area contributed by atoms with Crippen LogP contribution in [0.2, 0.25) is 0 Å². The fourth-order valence-corrected chi connectivity index (χ4v) is 1.68. The van der Waals surface area contributed by atoms with Crippen molar-refractivity contribution in [3.8, 4) is 0 Å². The van der Waals surface area contributed by atoms with Gasteiger partial charge in [-0.15, -0.1) is 5.10 Å². The molecule has 0 saturated carbocycles. The molecule has 1 heterocycles. The van der Waals surface area contributed by atoms with E-state index in [-0.39, 0.29) is 12.2 Å². The van der Waals surface area contributed by atoms with Crippen LogP contribution in [-0.2, 0) is 6.54 Å². The molecule has 0 saturated heterocycles. The first-order chi connectivity index (χ1) is 9.99. The number of hydrogen-bond acceptors (Lipinski definition) is 6. The topological polar surface area (TPSA) is 123 Å². The Balaban J connectivity index is 2.21. The van der Waals surface area contributed by atoms with E-state index in [0.717, 1.165) is 6.07 Å². The minimum atomic E-state index is -1.50. The summed E-state index contributed by atoms with van der Waals surface area (Å²) in [7, 11) is 0. The second-order valence-electron chi connectivity index (χ2n) is 4.00. The molecule has 2 N–H and O–H groups in total. The highest BCUT2D eigenvalue weighted by atomic mass is 19.1. The third-order valence-corrected chi connectivity index (χ3v) is 2.64. The van der Waals surface area contributed by atoms with Gasteiger partial charge in [-0.05, 0) is 6.07 Å². The van der Waals surface area contributed by atoms with Crippen LogP contribution in [0.1, 0.15) is 10.4 Å². The quantitative estimate of drug-likeness (QED) is 0.604. The molecule has 10 heteroatoms. The fourth-order valence-electron chi connectivity index (χ4n) is 1.68. The Kier molecular flexibility index (Phi) is 4.07. The van der Waals surface area contributed by atoms with E-state index in [4.69, 9.17) is 5.11 Å². The van der Waals surface area contributed by atoms with Crippen LogP contribution in [0.25, 0.3) is 0 Å². The molecule has 1 aromatic carbocycles. The van der Waals surface area contributed by atoms with Crippen molar-refractivity contribution in [1.29, 1.82) is 0 Å². The summed E-state index contributed by atoms with van der Waals surface area (Å²) in [5.74, 6) is -2.65. The molecule has 0 bridgehead atoms. The molecule has 0 fully saturated rings. The molecular weight excluding hydrogens is 285 g/mol. The number of nitrogens with zero attached hydrogens (tertiary/aromatic N) is 4. The first kappa shape index (κ1) is 14.4. The second kappa shape index (κ2) is 5.94. The van der Waals surface area contributed by atoms with Gasteiger partial charge in [0.25, 0.3) is 5.69 Å². The summed E-state index contributed by atoms with van der Waals surface area (Å²) in [6, 6.07) is 1.48. The summed E-state index contributed by atoms with van der Waals surface area (Å²) in [6.07, 6.45) is 3.08. The summed E-state index contributed by atoms with van der Waals surface area (Å²) in [4.78, 5) is 20.9. The lowest BCUT2D eigenvalue weighted by Gasteiger charge is -2.08. The maximum atomic E-state index is 13.5. The molecular formula is C11H10FN5O4. The molecule has 0 spiro atoms. The molecule has 0 amide bonds. The van der Waals surface area contributed by atoms with Gasteiger partial charge in [0.05, 0.1) is 29.3 Å². The fraction of sp³-hybridized carbons (Fsp3) is 0.182. The van der Waals surface area contributed by atoms with Crippen molar-refractivity contribution in [2.24, 2.45) is 0 Å². The maximum Gasteiger partial charge on any atom is 0.338 e. The van der Waals surface area contributed by atoms with Crippen molar-refractivity contribution in [1.82, 2.24) is 15.0 Å². The number of nitro benzene ring substituents is 1. The number of nitro groups is 1. The number of benzene rings is 1. The van der Waals surface area contributed by atoms with Crippen LogP contribution in [0.3, 0.4) is 0 Å². The first-order valence-electron chi connectivity index (χ1n) is 5.78. The lowest BCUT2D eigenvalue weighted by molar-refractivity contribution is -0.384. The summed E-state index contributed by atoms with van der Waals surface area (Å²) < 4.78 is 14.9. The van der Waals surface area contributed by atoms with E-state index < -0.39 is 28.0 Å². The summed E-state index contributed by atoms with van der Waals surface area (Å²) in [5, 5.41) is 29.7. The summed E-state index contributed by atoms with van der Waals surface area (Å²) in [6.45, 7) is 0.589. The van der Waals surface area contributed by atoms with Crippen LogP contribution in [0.4, 0.5) is 15.8 Å². The minimum Gasteiger partial charge on any atom is -0.478 e. The summed E-state index contributed by atoms with van der Waals surface area (Å²) >= 11 is 0. The van der Waals surface area contributed by atoms with Gasteiger partial charge in [-0.3, -0.25) is 14.8 Å². The average Bonchev–Trinajstić information content (AvgIpc) is 2.92. The van der Waals surface area contributed by atoms with Gasteiger partial charge in [-0.2, -0.15) is 0 Å². The number of anilines is 1. The molecule has 2 aromatic rings. The van der Waals surface area contributed by atoms with Crippen molar-refractivity contribution in [2.75, 3.05) is 11.9 Å². The SMILES string of the molecule is O=C(O)c1cc(NCCn2ccnn2)c([N+](=O)[O-])cc1F. The molecule has 0 aliphatic heterocycles. The van der Waals surface area contributed by atoms with Crippen molar-refractivity contribution in [2.45, 2.75) is 6.54 Å². The summed E-state index contributed by atoms with van der Waals surface area (Å²) in [5.41, 5.74) is -1.24. The van der Waals surface area contributed by atoms with Crippen molar-refractivity contribution in [3.63, 3.8) is 0 Å². The third-order valence-electron chi connectivity index (χ3n) is 2.64. The van der Waals surface area contributed by atoms with Gasteiger partial charge in [0.2, 0.25) is 0 Å². The average molecular weight is 295 g/mol. The zero-order chi connectivity index (χ0) is 15.4. The largest absolute Gasteiger partial charge is 0.478 e. The lowest BCUT2D eigenvalue weighted by atomic mass is 10.1. The van der Waals surface area contributed by atoms with Crippen LogP contribution < -0.4 is 5.32 Å². The van der Waals surface area contributed by atoms with E-state index in [2.05, 4.69) is 15.6 Å². The predicted molar refractivity (Wildman–Crippen MR) is 68.5 cm³/mol. The predicted octanol–water partition coefficient (Wildman–Crippen LogP) is 1.14. The Bertz CT molecular complexity index is 674. The Morgan fingerprint density at radius 2 is 2.29 bits per heavy atom. The molecule has 110 valence electrons. The van der Waals surface area contributed by atoms with E-state index in [1.165, 1.54) is 10.9 Å². The van der Waals surface area contributed by atoms with E-state index in [1.807, 2.05) is 0 Å². The standard InChI is InChI=1S/C11H10FN5O4/c12-8-6-10(17(20)21)9(5-7(8)11(18)19)13-1-3-16-4-2-14-15-16/h2,4-6,13H,1,3H2,(H,18,19). The number of carboxylic acid groups (broad SMARTS) is 1. The van der Waals surface area contributed by atoms with Gasteiger partial charge in [0, 0.05) is 12.7 Å². The van der Waals surface area contributed by atoms with Gasteiger partial charge in [-0.25, -0.2) is 9.18 Å². The van der Waals surface area contributed by atoms with Crippen LogP contribution in [-0.4, -0.2) is 37.5 Å². The Labute approximate surface area is 117 Å². The van der Waals surface area contributed by atoms with E-state index in [0.29, 0.717) is 12.6 Å². The zero-order valence-electron chi connectivity index (χ0n) is 10.6. The number of hydrogen-bond donors (Lipinski definition) is 2. The molecule has 0 radical (unpaired) electrons. The van der Waals surface area contributed by atoms with Gasteiger partial charge < -0.3 is 10.4 Å². The van der Waals surface area contributed by atoms with Crippen LogP contribution in [0.15, 0.2) is 24.5 Å². The normalized spacial score (nSPS) is 10.3. The number of carboxylic acids is 1. The molecule has 0 unspecified atom stereocenters. The molecule has 0 aliphatic carbocycles. The number of aromatic carboxylic acids is 1. The molecule has 1 aromatic heterocycles.